The van der Waals surface area contributed by atoms with Crippen molar-refractivity contribution in [3.63, 3.8) is 0 Å². The summed E-state index contributed by atoms with van der Waals surface area (Å²) in [5, 5.41) is 8.68. The Kier molecular flexibility index (Phi) is 9.15. The first kappa shape index (κ1) is 19.8. The van der Waals surface area contributed by atoms with Crippen LogP contribution in [-0.4, -0.2) is 23.8 Å². The van der Waals surface area contributed by atoms with E-state index in [4.69, 9.17) is 9.84 Å². The van der Waals surface area contributed by atoms with Gasteiger partial charge in [-0.3, -0.25) is 4.79 Å². The number of rotatable bonds is 14. The summed E-state index contributed by atoms with van der Waals surface area (Å²) in [4.78, 5) is 10.5. The van der Waals surface area contributed by atoms with Crippen LogP contribution in [0.3, 0.4) is 0 Å². The number of unbranched alkanes of at least 4 members (excludes halogenated alkanes) is 8. The molecule has 1 saturated carbocycles. The molecule has 0 radical (unpaired) electrons. The van der Waals surface area contributed by atoms with Gasteiger partial charge in [-0.15, -0.1) is 0 Å². The molecule has 2 fully saturated rings. The summed E-state index contributed by atoms with van der Waals surface area (Å²) in [5.74, 6) is 1.88. The topological polar surface area (TPSA) is 46.5 Å². The van der Waals surface area contributed by atoms with Crippen molar-refractivity contribution >= 4 is 5.97 Å². The summed E-state index contributed by atoms with van der Waals surface area (Å²) in [6.45, 7) is 3.29. The highest BCUT2D eigenvalue weighted by Crippen LogP contribution is 2.49. The maximum Gasteiger partial charge on any atom is 0.303 e. The van der Waals surface area contributed by atoms with Crippen LogP contribution >= 0.6 is 0 Å². The molecule has 1 aliphatic carbocycles. The van der Waals surface area contributed by atoms with Gasteiger partial charge in [-0.1, -0.05) is 64.7 Å². The second-order valence-electron chi connectivity index (χ2n) is 8.10. The number of carboxylic acid groups (broad SMARTS) is 1. The van der Waals surface area contributed by atoms with Crippen molar-refractivity contribution in [2.45, 2.75) is 103 Å². The minimum atomic E-state index is -0.657. The summed E-state index contributed by atoms with van der Waals surface area (Å²) >= 11 is 0. The second-order valence-corrected chi connectivity index (χ2v) is 8.10. The summed E-state index contributed by atoms with van der Waals surface area (Å²) in [6, 6.07) is 0. The Hall–Kier alpha value is -0.570. The van der Waals surface area contributed by atoms with Crippen LogP contribution in [0.2, 0.25) is 0 Å². The maximum atomic E-state index is 10.5. The van der Waals surface area contributed by atoms with Crippen LogP contribution < -0.4 is 0 Å². The minimum Gasteiger partial charge on any atom is -0.481 e. The molecule has 2 rings (SSSR count). The van der Waals surface area contributed by atoms with Gasteiger partial charge in [0, 0.05) is 6.42 Å². The zero-order chi connectivity index (χ0) is 17.2. The van der Waals surface area contributed by atoms with Gasteiger partial charge in [-0.25, -0.2) is 0 Å². The molecule has 0 amide bonds. The van der Waals surface area contributed by atoms with E-state index in [9.17, 15) is 4.79 Å². The molecule has 1 N–H and O–H groups in total. The van der Waals surface area contributed by atoms with Crippen LogP contribution in [0.15, 0.2) is 0 Å². The molecule has 1 heterocycles. The Morgan fingerprint density at radius 3 is 2.25 bits per heavy atom. The Morgan fingerprint density at radius 2 is 1.54 bits per heavy atom. The lowest BCUT2D eigenvalue weighted by Gasteiger charge is -2.31. The summed E-state index contributed by atoms with van der Waals surface area (Å²) < 4.78 is 5.99. The molecule has 24 heavy (non-hydrogen) atoms. The molecule has 0 spiro atoms. The van der Waals surface area contributed by atoms with E-state index in [0.717, 1.165) is 37.2 Å². The van der Waals surface area contributed by atoms with Gasteiger partial charge in [0.15, 0.2) is 0 Å². The number of fused-ring (bicyclic) bond motifs is 2. The quantitative estimate of drug-likeness (QED) is 0.406. The van der Waals surface area contributed by atoms with Crippen molar-refractivity contribution < 1.29 is 14.6 Å². The number of carboxylic acids is 1. The lowest BCUT2D eigenvalue weighted by atomic mass is 9.81. The SMILES string of the molecule is CCCCCCCC[C@H]1C2COC(C2)[C@@H]1CCCCCCC(=O)O. The van der Waals surface area contributed by atoms with E-state index in [1.807, 2.05) is 0 Å². The number of ether oxygens (including phenoxy) is 1. The zero-order valence-corrected chi connectivity index (χ0v) is 15.7. The van der Waals surface area contributed by atoms with E-state index in [0.29, 0.717) is 12.5 Å². The molecule has 1 saturated heterocycles. The molecule has 3 nitrogen and oxygen atoms in total. The molecule has 0 aromatic carbocycles. The number of hydrogen-bond acceptors (Lipinski definition) is 2. The highest BCUT2D eigenvalue weighted by molar-refractivity contribution is 5.66. The first-order valence-corrected chi connectivity index (χ1v) is 10.6. The van der Waals surface area contributed by atoms with Crippen molar-refractivity contribution in [2.75, 3.05) is 6.61 Å². The molecule has 4 atom stereocenters. The van der Waals surface area contributed by atoms with Gasteiger partial charge in [0.05, 0.1) is 12.7 Å². The van der Waals surface area contributed by atoms with Gasteiger partial charge in [0.1, 0.15) is 0 Å². The van der Waals surface area contributed by atoms with E-state index >= 15 is 0 Å². The predicted octanol–water partition coefficient (Wildman–Crippen LogP) is 5.81. The van der Waals surface area contributed by atoms with E-state index in [1.54, 1.807) is 0 Å². The lowest BCUT2D eigenvalue weighted by Crippen LogP contribution is -2.29. The fourth-order valence-corrected chi connectivity index (χ4v) is 4.92. The van der Waals surface area contributed by atoms with E-state index in [2.05, 4.69) is 6.92 Å². The number of hydrogen-bond donors (Lipinski definition) is 1. The normalized spacial score (nSPS) is 28.5. The molecule has 0 aromatic rings. The van der Waals surface area contributed by atoms with Crippen LogP contribution in [0.5, 0.6) is 0 Å². The highest BCUT2D eigenvalue weighted by atomic mass is 16.5. The summed E-state index contributed by atoms with van der Waals surface area (Å²) in [7, 11) is 0. The third-order valence-electron chi connectivity index (χ3n) is 6.26. The molecule has 0 aromatic heterocycles. The monoisotopic (exact) mass is 338 g/mol. The molecular formula is C21H38O3. The fraction of sp³-hybridized carbons (Fsp3) is 0.952. The molecule has 1 aliphatic heterocycles. The third-order valence-corrected chi connectivity index (χ3v) is 6.26. The third kappa shape index (κ3) is 6.38. The predicted molar refractivity (Wildman–Crippen MR) is 98.2 cm³/mol. The standard InChI is InChI=1S/C21H38O3/c1-2-3-4-5-6-9-12-18-17-15-20(24-16-17)19(18)13-10-7-8-11-14-21(22)23/h17-20H,2-16H2,1H3,(H,22,23)/t17?,18-,19+,20?/m0/s1. The minimum absolute atomic E-state index is 0.331. The highest BCUT2D eigenvalue weighted by Gasteiger charge is 2.47. The first-order valence-electron chi connectivity index (χ1n) is 10.6. The van der Waals surface area contributed by atoms with Gasteiger partial charge in [0.2, 0.25) is 0 Å². The Balaban J connectivity index is 1.59. The van der Waals surface area contributed by atoms with Crippen LogP contribution in [-0.2, 0) is 9.53 Å². The Bertz CT molecular complexity index is 355. The van der Waals surface area contributed by atoms with Gasteiger partial charge >= 0.3 is 5.97 Å². The van der Waals surface area contributed by atoms with E-state index in [1.165, 1.54) is 70.6 Å². The molecule has 2 bridgehead atoms. The lowest BCUT2D eigenvalue weighted by molar-refractivity contribution is -0.137. The van der Waals surface area contributed by atoms with Crippen molar-refractivity contribution in [1.29, 1.82) is 0 Å². The molecule has 2 unspecified atom stereocenters. The van der Waals surface area contributed by atoms with Gasteiger partial charge in [-0.2, -0.15) is 0 Å². The van der Waals surface area contributed by atoms with Crippen LogP contribution in [0.4, 0.5) is 0 Å². The van der Waals surface area contributed by atoms with Crippen molar-refractivity contribution in [3.05, 3.63) is 0 Å². The summed E-state index contributed by atoms with van der Waals surface area (Å²) in [6.07, 6.45) is 17.6. The number of carbonyl (C=O) groups is 1. The first-order chi connectivity index (χ1) is 11.7. The largest absolute Gasteiger partial charge is 0.481 e. The van der Waals surface area contributed by atoms with Gasteiger partial charge < -0.3 is 9.84 Å². The average molecular weight is 339 g/mol. The number of aliphatic carboxylic acids is 1. The van der Waals surface area contributed by atoms with E-state index in [-0.39, 0.29) is 0 Å². The van der Waals surface area contributed by atoms with Crippen molar-refractivity contribution in [2.24, 2.45) is 17.8 Å². The van der Waals surface area contributed by atoms with Crippen molar-refractivity contribution in [3.8, 4) is 0 Å². The smallest absolute Gasteiger partial charge is 0.303 e. The van der Waals surface area contributed by atoms with Crippen LogP contribution in [0, 0.1) is 17.8 Å². The molecular weight excluding hydrogens is 300 g/mol. The average Bonchev–Trinajstić information content (AvgIpc) is 3.15. The Morgan fingerprint density at radius 1 is 0.917 bits per heavy atom. The van der Waals surface area contributed by atoms with Gasteiger partial charge in [0.25, 0.3) is 0 Å². The maximum absolute atomic E-state index is 10.5. The molecule has 2 aliphatic rings. The Labute approximate surface area is 148 Å². The van der Waals surface area contributed by atoms with Crippen molar-refractivity contribution in [1.82, 2.24) is 0 Å². The molecule has 140 valence electrons. The van der Waals surface area contributed by atoms with Crippen LogP contribution in [0.1, 0.15) is 96.8 Å². The summed E-state index contributed by atoms with van der Waals surface area (Å²) in [5.41, 5.74) is 0. The van der Waals surface area contributed by atoms with Crippen LogP contribution in [0.25, 0.3) is 0 Å². The molecule has 3 heteroatoms. The van der Waals surface area contributed by atoms with E-state index < -0.39 is 5.97 Å². The second kappa shape index (κ2) is 11.1. The fourth-order valence-electron chi connectivity index (χ4n) is 4.92. The zero-order valence-electron chi connectivity index (χ0n) is 15.7. The van der Waals surface area contributed by atoms with Gasteiger partial charge in [-0.05, 0) is 43.4 Å².